The van der Waals surface area contributed by atoms with Crippen LogP contribution in [0.15, 0.2) is 24.4 Å². The van der Waals surface area contributed by atoms with Crippen molar-refractivity contribution in [1.29, 1.82) is 0 Å². The Labute approximate surface area is 79.2 Å². The monoisotopic (exact) mass is 181 g/mol. The van der Waals surface area contributed by atoms with E-state index in [4.69, 9.17) is 12.2 Å². The highest BCUT2D eigenvalue weighted by Gasteiger charge is 1.80. The van der Waals surface area contributed by atoms with Crippen LogP contribution in [0.2, 0.25) is 0 Å². The van der Waals surface area contributed by atoms with Gasteiger partial charge in [-0.25, -0.2) is 0 Å². The van der Waals surface area contributed by atoms with Crippen LogP contribution in [0.4, 0.5) is 0 Å². The summed E-state index contributed by atoms with van der Waals surface area (Å²) in [6.07, 6.45) is 5.90. The van der Waals surface area contributed by atoms with E-state index in [0.29, 0.717) is 0 Å². The lowest BCUT2D eigenvalue weighted by molar-refractivity contribution is 1.29. The van der Waals surface area contributed by atoms with E-state index in [-0.39, 0.29) is 0 Å². The van der Waals surface area contributed by atoms with Gasteiger partial charge in [0.05, 0.1) is 0 Å². The van der Waals surface area contributed by atoms with Gasteiger partial charge in [-0.15, -0.1) is 0 Å². The van der Waals surface area contributed by atoms with Gasteiger partial charge >= 0.3 is 0 Å². The van der Waals surface area contributed by atoms with Gasteiger partial charge in [0.15, 0.2) is 0 Å². The van der Waals surface area contributed by atoms with Crippen LogP contribution in [0.25, 0.3) is 6.08 Å². The molecule has 1 N–H and O–H groups in total. The molecule has 1 rings (SSSR count). The molecule has 0 bridgehead atoms. The van der Waals surface area contributed by atoms with Gasteiger partial charge in [-0.2, -0.15) is 0 Å². The first-order valence-corrected chi connectivity index (χ1v) is 4.55. The van der Waals surface area contributed by atoms with Crippen LogP contribution in [-0.4, -0.2) is 4.98 Å². The second-order valence-corrected chi connectivity index (χ2v) is 2.43. The lowest BCUT2D eigenvalue weighted by Gasteiger charge is -1.89. The predicted octanol–water partition coefficient (Wildman–Crippen LogP) is 3.80. The first-order valence-electron chi connectivity index (χ1n) is 4.14. The Bertz CT molecular complexity index is 266. The molecule has 0 aliphatic heterocycles. The fourth-order valence-electron chi connectivity index (χ4n) is 0.719. The van der Waals surface area contributed by atoms with Crippen molar-refractivity contribution in [2.45, 2.75) is 20.8 Å². The number of pyridine rings is 1. The normalized spacial score (nSPS) is 9.25. The van der Waals surface area contributed by atoms with Gasteiger partial charge in [-0.3, -0.25) is 0 Å². The Hall–Kier alpha value is -0.890. The van der Waals surface area contributed by atoms with Crippen LogP contribution in [0.1, 0.15) is 26.3 Å². The van der Waals surface area contributed by atoms with Gasteiger partial charge in [0.2, 0.25) is 0 Å². The third kappa shape index (κ3) is 4.09. The van der Waals surface area contributed by atoms with Crippen molar-refractivity contribution in [2.75, 3.05) is 0 Å². The molecule has 1 aromatic heterocycles. The summed E-state index contributed by atoms with van der Waals surface area (Å²) in [5.74, 6) is 0. The Kier molecular flexibility index (Phi) is 6.29. The number of hydrogen-bond acceptors (Lipinski definition) is 1. The second kappa shape index (κ2) is 6.80. The van der Waals surface area contributed by atoms with Crippen LogP contribution < -0.4 is 0 Å². The van der Waals surface area contributed by atoms with Crippen LogP contribution >= 0.6 is 12.2 Å². The topological polar surface area (TPSA) is 15.8 Å². The summed E-state index contributed by atoms with van der Waals surface area (Å²) in [6.45, 7) is 5.99. The molecule has 1 nitrogen and oxygen atoms in total. The zero-order chi connectivity index (χ0) is 9.40. The van der Waals surface area contributed by atoms with Crippen molar-refractivity contribution in [3.8, 4) is 0 Å². The van der Waals surface area contributed by atoms with E-state index in [1.54, 1.807) is 0 Å². The van der Waals surface area contributed by atoms with Gasteiger partial charge in [0.25, 0.3) is 0 Å². The number of allylic oxidation sites excluding steroid dienone is 1. The molecule has 0 saturated heterocycles. The van der Waals surface area contributed by atoms with E-state index in [2.05, 4.69) is 4.98 Å². The number of nitrogens with one attached hydrogen (secondary N) is 1. The Morgan fingerprint density at radius 2 is 2.00 bits per heavy atom. The van der Waals surface area contributed by atoms with Crippen molar-refractivity contribution >= 4 is 18.3 Å². The van der Waals surface area contributed by atoms with Gasteiger partial charge in [0.1, 0.15) is 4.64 Å². The summed E-state index contributed by atoms with van der Waals surface area (Å²) >= 11 is 4.88. The van der Waals surface area contributed by atoms with Crippen LogP contribution in [0.5, 0.6) is 0 Å². The second-order valence-electron chi connectivity index (χ2n) is 1.99. The zero-order valence-corrected chi connectivity index (χ0v) is 8.61. The molecule has 0 radical (unpaired) electrons. The molecule has 0 aromatic carbocycles. The molecule has 0 unspecified atom stereocenters. The minimum absolute atomic E-state index is 0.772. The number of aromatic nitrogens is 1. The van der Waals surface area contributed by atoms with Crippen molar-refractivity contribution < 1.29 is 0 Å². The number of H-pyrrole nitrogens is 1. The average molecular weight is 181 g/mol. The molecule has 1 heterocycles. The number of rotatable bonds is 1. The van der Waals surface area contributed by atoms with E-state index >= 15 is 0 Å². The molecular formula is C10H15NS. The molecule has 0 saturated carbocycles. The molecular weight excluding hydrogens is 166 g/mol. The molecule has 0 atom stereocenters. The maximum Gasteiger partial charge on any atom is 0.103 e. The maximum atomic E-state index is 4.88. The summed E-state index contributed by atoms with van der Waals surface area (Å²) in [5, 5.41) is 0. The highest BCUT2D eigenvalue weighted by Crippen LogP contribution is 1.98. The summed E-state index contributed by atoms with van der Waals surface area (Å²) < 4.78 is 0.772. The Balaban J connectivity index is 0.000000561. The van der Waals surface area contributed by atoms with Gasteiger partial charge < -0.3 is 4.98 Å². The van der Waals surface area contributed by atoms with Crippen molar-refractivity contribution in [1.82, 2.24) is 4.98 Å². The summed E-state index contributed by atoms with van der Waals surface area (Å²) in [7, 11) is 0. The summed E-state index contributed by atoms with van der Waals surface area (Å²) in [4.78, 5) is 2.95. The van der Waals surface area contributed by atoms with Crippen LogP contribution in [-0.2, 0) is 0 Å². The van der Waals surface area contributed by atoms with Gasteiger partial charge in [-0.05, 0) is 18.6 Å². The lowest BCUT2D eigenvalue weighted by Crippen LogP contribution is -1.74. The molecule has 0 aliphatic rings. The molecule has 66 valence electrons. The standard InChI is InChI=1S/C8H9NS.C2H6/c1-2-3-7-4-5-8(10)9-6-7;1-2/h2-6H,1H3,(H,9,10);1-2H3/b3-2+;. The fraction of sp³-hybridized carbons (Fsp3) is 0.300. The minimum Gasteiger partial charge on any atom is -0.352 e. The average Bonchev–Trinajstić information content (AvgIpc) is 2.13. The zero-order valence-electron chi connectivity index (χ0n) is 7.79. The van der Waals surface area contributed by atoms with Crippen LogP contribution in [0.3, 0.4) is 0 Å². The van der Waals surface area contributed by atoms with E-state index in [9.17, 15) is 0 Å². The molecule has 0 fully saturated rings. The van der Waals surface area contributed by atoms with Gasteiger partial charge in [0, 0.05) is 6.20 Å². The maximum absolute atomic E-state index is 4.88. The van der Waals surface area contributed by atoms with E-state index < -0.39 is 0 Å². The molecule has 0 amide bonds. The minimum atomic E-state index is 0.772. The first-order chi connectivity index (χ1) is 5.83. The molecule has 0 spiro atoms. The SMILES string of the molecule is C/C=C/c1ccc(=S)[nH]c1.CC. The smallest absolute Gasteiger partial charge is 0.103 e. The number of hydrogen-bond donors (Lipinski definition) is 1. The van der Waals surface area contributed by atoms with E-state index in [0.717, 1.165) is 10.2 Å². The number of aromatic amines is 1. The Morgan fingerprint density at radius 3 is 2.42 bits per heavy atom. The molecule has 1 aromatic rings. The van der Waals surface area contributed by atoms with Crippen molar-refractivity contribution in [2.24, 2.45) is 0 Å². The first kappa shape index (κ1) is 11.1. The lowest BCUT2D eigenvalue weighted by atomic mass is 10.3. The summed E-state index contributed by atoms with van der Waals surface area (Å²) in [5.41, 5.74) is 1.15. The quantitative estimate of drug-likeness (QED) is 0.651. The highest BCUT2D eigenvalue weighted by molar-refractivity contribution is 7.71. The summed E-state index contributed by atoms with van der Waals surface area (Å²) in [6, 6.07) is 3.86. The van der Waals surface area contributed by atoms with Crippen molar-refractivity contribution in [3.05, 3.63) is 34.6 Å². The highest BCUT2D eigenvalue weighted by atomic mass is 32.1. The third-order valence-corrected chi connectivity index (χ3v) is 1.42. The third-order valence-electron chi connectivity index (χ3n) is 1.17. The molecule has 12 heavy (non-hydrogen) atoms. The largest absolute Gasteiger partial charge is 0.352 e. The van der Waals surface area contributed by atoms with Crippen LogP contribution in [0, 0.1) is 4.64 Å². The fourth-order valence-corrected chi connectivity index (χ4v) is 0.846. The molecule has 0 aliphatic carbocycles. The van der Waals surface area contributed by atoms with E-state index in [1.807, 2.05) is 51.3 Å². The van der Waals surface area contributed by atoms with E-state index in [1.165, 1.54) is 0 Å². The van der Waals surface area contributed by atoms with Gasteiger partial charge in [-0.1, -0.05) is 44.3 Å². The van der Waals surface area contributed by atoms with Crippen molar-refractivity contribution in [3.63, 3.8) is 0 Å². The molecule has 2 heteroatoms. The predicted molar refractivity (Wildman–Crippen MR) is 57.7 cm³/mol. The Morgan fingerprint density at radius 1 is 1.33 bits per heavy atom.